The number of amides is 1. The molecule has 0 aliphatic carbocycles. The molecule has 5 nitrogen and oxygen atoms in total. The maximum Gasteiger partial charge on any atom is 0.241 e. The fraction of sp³-hybridized carbons (Fsp3) is 0.500. The molecular formula is C14H22N2O3. The molecule has 1 atom stereocenters. The van der Waals surface area contributed by atoms with Crippen LogP contribution in [0.2, 0.25) is 0 Å². The summed E-state index contributed by atoms with van der Waals surface area (Å²) in [5.41, 5.74) is 6.44. The van der Waals surface area contributed by atoms with Gasteiger partial charge in [-0.1, -0.05) is 19.4 Å². The van der Waals surface area contributed by atoms with Crippen molar-refractivity contribution in [3.63, 3.8) is 0 Å². The summed E-state index contributed by atoms with van der Waals surface area (Å²) in [6, 6.07) is 6.76. The maximum atomic E-state index is 11.8. The summed E-state index contributed by atoms with van der Waals surface area (Å²) in [6.45, 7) is 3.00. The quantitative estimate of drug-likeness (QED) is 0.703. The van der Waals surface area contributed by atoms with Gasteiger partial charge in [0, 0.05) is 18.9 Å². The van der Waals surface area contributed by atoms with Crippen LogP contribution in [0.4, 0.5) is 5.69 Å². The van der Waals surface area contributed by atoms with Crippen LogP contribution in [0.15, 0.2) is 24.3 Å². The van der Waals surface area contributed by atoms with Gasteiger partial charge >= 0.3 is 0 Å². The summed E-state index contributed by atoms with van der Waals surface area (Å²) in [4.78, 5) is 11.8. The minimum Gasteiger partial charge on any atom is -0.491 e. The van der Waals surface area contributed by atoms with Gasteiger partial charge in [0.25, 0.3) is 0 Å². The molecule has 0 saturated carbocycles. The third-order valence-electron chi connectivity index (χ3n) is 2.59. The highest BCUT2D eigenvalue weighted by Crippen LogP contribution is 2.17. The lowest BCUT2D eigenvalue weighted by atomic mass is 10.1. The van der Waals surface area contributed by atoms with Gasteiger partial charge in [-0.25, -0.2) is 0 Å². The van der Waals surface area contributed by atoms with E-state index in [1.54, 1.807) is 19.2 Å². The molecule has 0 aliphatic heterocycles. The van der Waals surface area contributed by atoms with Crippen molar-refractivity contribution in [1.82, 2.24) is 0 Å². The number of anilines is 1. The Bertz CT molecular complexity index is 396. The maximum absolute atomic E-state index is 11.8. The fourth-order valence-electron chi connectivity index (χ4n) is 1.58. The average molecular weight is 266 g/mol. The Morgan fingerprint density at radius 3 is 2.89 bits per heavy atom. The molecule has 0 aliphatic rings. The predicted molar refractivity (Wildman–Crippen MR) is 75.3 cm³/mol. The van der Waals surface area contributed by atoms with E-state index in [1.165, 1.54) is 0 Å². The van der Waals surface area contributed by atoms with Crippen molar-refractivity contribution in [2.45, 2.75) is 25.8 Å². The van der Waals surface area contributed by atoms with E-state index in [0.717, 1.165) is 6.42 Å². The van der Waals surface area contributed by atoms with E-state index < -0.39 is 6.04 Å². The van der Waals surface area contributed by atoms with Gasteiger partial charge in [-0.2, -0.15) is 0 Å². The fourth-order valence-corrected chi connectivity index (χ4v) is 1.58. The average Bonchev–Trinajstić information content (AvgIpc) is 2.40. The van der Waals surface area contributed by atoms with Crippen LogP contribution in [0.5, 0.6) is 5.75 Å². The van der Waals surface area contributed by atoms with E-state index in [2.05, 4.69) is 5.32 Å². The van der Waals surface area contributed by atoms with Gasteiger partial charge in [-0.05, 0) is 18.6 Å². The van der Waals surface area contributed by atoms with Crippen LogP contribution >= 0.6 is 0 Å². The molecule has 0 heterocycles. The van der Waals surface area contributed by atoms with Gasteiger partial charge in [-0.15, -0.1) is 0 Å². The lowest BCUT2D eigenvalue weighted by Crippen LogP contribution is -2.35. The van der Waals surface area contributed by atoms with Crippen LogP contribution < -0.4 is 15.8 Å². The van der Waals surface area contributed by atoms with Gasteiger partial charge in [0.05, 0.1) is 12.6 Å². The number of methoxy groups -OCH3 is 1. The predicted octanol–water partition coefficient (Wildman–Crippen LogP) is 1.78. The number of benzene rings is 1. The first-order valence-corrected chi connectivity index (χ1v) is 6.45. The second-order valence-corrected chi connectivity index (χ2v) is 4.25. The molecule has 0 radical (unpaired) electrons. The van der Waals surface area contributed by atoms with Crippen molar-refractivity contribution in [3.05, 3.63) is 24.3 Å². The minimum atomic E-state index is -0.469. The molecule has 5 heteroatoms. The highest BCUT2D eigenvalue weighted by molar-refractivity contribution is 5.94. The van der Waals surface area contributed by atoms with Crippen molar-refractivity contribution in [1.29, 1.82) is 0 Å². The molecule has 0 fully saturated rings. The molecule has 1 rings (SSSR count). The lowest BCUT2D eigenvalue weighted by molar-refractivity contribution is -0.117. The smallest absolute Gasteiger partial charge is 0.241 e. The molecule has 0 saturated heterocycles. The molecule has 19 heavy (non-hydrogen) atoms. The van der Waals surface area contributed by atoms with E-state index in [0.29, 0.717) is 31.1 Å². The van der Waals surface area contributed by atoms with Gasteiger partial charge in [0.1, 0.15) is 12.4 Å². The monoisotopic (exact) mass is 266 g/mol. The molecule has 0 spiro atoms. The zero-order valence-electron chi connectivity index (χ0n) is 11.5. The summed E-state index contributed by atoms with van der Waals surface area (Å²) in [5, 5.41) is 2.78. The molecule has 0 unspecified atom stereocenters. The number of nitrogens with two attached hydrogens (primary N) is 1. The Labute approximate surface area is 114 Å². The van der Waals surface area contributed by atoms with Gasteiger partial charge < -0.3 is 20.5 Å². The summed E-state index contributed by atoms with van der Waals surface area (Å²) in [7, 11) is 1.62. The van der Waals surface area contributed by atoms with E-state index in [9.17, 15) is 4.79 Å². The highest BCUT2D eigenvalue weighted by Gasteiger charge is 2.12. The molecule has 0 bridgehead atoms. The number of carbonyl (C=O) groups excluding carboxylic acids is 1. The van der Waals surface area contributed by atoms with Crippen molar-refractivity contribution >= 4 is 11.6 Å². The molecular weight excluding hydrogens is 244 g/mol. The van der Waals surface area contributed by atoms with Crippen LogP contribution in [0.1, 0.15) is 19.8 Å². The first kappa shape index (κ1) is 15.5. The zero-order chi connectivity index (χ0) is 14.1. The van der Waals surface area contributed by atoms with Gasteiger partial charge in [-0.3, -0.25) is 4.79 Å². The van der Waals surface area contributed by atoms with Crippen LogP contribution in [0, 0.1) is 0 Å². The summed E-state index contributed by atoms with van der Waals surface area (Å²) in [6.07, 6.45) is 1.56. The van der Waals surface area contributed by atoms with E-state index in [1.807, 2.05) is 19.1 Å². The second kappa shape index (κ2) is 8.50. The first-order valence-electron chi connectivity index (χ1n) is 6.45. The Hall–Kier alpha value is -1.59. The van der Waals surface area contributed by atoms with Crippen LogP contribution in [0.25, 0.3) is 0 Å². The van der Waals surface area contributed by atoms with Crippen molar-refractivity contribution in [3.8, 4) is 5.75 Å². The Kier molecular flexibility index (Phi) is 6.92. The number of rotatable bonds is 8. The summed E-state index contributed by atoms with van der Waals surface area (Å²) < 4.78 is 10.4. The van der Waals surface area contributed by atoms with E-state index in [4.69, 9.17) is 15.2 Å². The van der Waals surface area contributed by atoms with E-state index in [-0.39, 0.29) is 5.91 Å². The van der Waals surface area contributed by atoms with Crippen molar-refractivity contribution < 1.29 is 14.3 Å². The molecule has 106 valence electrons. The normalized spacial score (nSPS) is 11.9. The Balaban J connectivity index is 2.54. The third kappa shape index (κ3) is 5.72. The number of ether oxygens (including phenoxy) is 2. The van der Waals surface area contributed by atoms with Gasteiger partial charge in [0.15, 0.2) is 0 Å². The van der Waals surface area contributed by atoms with Gasteiger partial charge in [0.2, 0.25) is 5.91 Å². The minimum absolute atomic E-state index is 0.170. The number of nitrogens with one attached hydrogen (secondary N) is 1. The molecule has 1 aromatic carbocycles. The summed E-state index contributed by atoms with van der Waals surface area (Å²) >= 11 is 0. The van der Waals surface area contributed by atoms with E-state index >= 15 is 0 Å². The standard InChI is InChI=1S/C14H22N2O3/c1-3-5-13(15)14(17)16-11-6-4-7-12(10-11)19-9-8-18-2/h4,6-7,10,13H,3,5,8-9,15H2,1-2H3,(H,16,17)/t13-/m1/s1. The van der Waals surface area contributed by atoms with Crippen molar-refractivity contribution in [2.75, 3.05) is 25.6 Å². The lowest BCUT2D eigenvalue weighted by Gasteiger charge is -2.12. The van der Waals surface area contributed by atoms with Crippen LogP contribution in [-0.2, 0) is 9.53 Å². The number of carbonyl (C=O) groups is 1. The highest BCUT2D eigenvalue weighted by atomic mass is 16.5. The number of hydrogen-bond acceptors (Lipinski definition) is 4. The Morgan fingerprint density at radius 1 is 1.42 bits per heavy atom. The topological polar surface area (TPSA) is 73.6 Å². The molecule has 1 amide bonds. The molecule has 3 N–H and O–H groups in total. The third-order valence-corrected chi connectivity index (χ3v) is 2.59. The summed E-state index contributed by atoms with van der Waals surface area (Å²) in [5.74, 6) is 0.523. The van der Waals surface area contributed by atoms with Crippen molar-refractivity contribution in [2.24, 2.45) is 5.73 Å². The number of hydrogen-bond donors (Lipinski definition) is 2. The molecule has 1 aromatic rings. The van der Waals surface area contributed by atoms with Crippen LogP contribution in [-0.4, -0.2) is 32.3 Å². The second-order valence-electron chi connectivity index (χ2n) is 4.25. The zero-order valence-corrected chi connectivity index (χ0v) is 11.5. The van der Waals surface area contributed by atoms with Crippen LogP contribution in [0.3, 0.4) is 0 Å². The largest absolute Gasteiger partial charge is 0.491 e. The SMILES string of the molecule is CCC[C@@H](N)C(=O)Nc1cccc(OCCOC)c1. The molecule has 0 aromatic heterocycles. The first-order chi connectivity index (χ1) is 9.17. The Morgan fingerprint density at radius 2 is 2.21 bits per heavy atom.